The molecule has 1 aromatic heterocycles. The third kappa shape index (κ3) is 3.33. The Hall–Kier alpha value is -2.41. The summed E-state index contributed by atoms with van der Waals surface area (Å²) in [4.78, 5) is 23.0. The van der Waals surface area contributed by atoms with Crippen molar-refractivity contribution in [3.8, 4) is 5.75 Å². The van der Waals surface area contributed by atoms with E-state index in [1.54, 1.807) is 0 Å². The second-order valence-corrected chi connectivity index (χ2v) is 4.98. The molecular formula is C13H12N2O4S. The van der Waals surface area contributed by atoms with Gasteiger partial charge in [-0.25, -0.2) is 0 Å². The Morgan fingerprint density at radius 3 is 2.85 bits per heavy atom. The van der Waals surface area contributed by atoms with Crippen LogP contribution in [-0.2, 0) is 11.2 Å². The van der Waals surface area contributed by atoms with Crippen molar-refractivity contribution in [2.45, 2.75) is 6.42 Å². The molecule has 0 bridgehead atoms. The van der Waals surface area contributed by atoms with Gasteiger partial charge in [0.25, 0.3) is 5.69 Å². The molecule has 0 aliphatic heterocycles. The minimum Gasteiger partial charge on any atom is -0.494 e. The molecule has 0 aliphatic carbocycles. The molecule has 7 heteroatoms. The number of anilines is 1. The first kappa shape index (κ1) is 14.0. The lowest BCUT2D eigenvalue weighted by molar-refractivity contribution is -0.384. The van der Waals surface area contributed by atoms with Crippen LogP contribution in [0.3, 0.4) is 0 Å². The minimum absolute atomic E-state index is 0.0851. The van der Waals surface area contributed by atoms with E-state index in [1.165, 1.54) is 36.6 Å². The molecule has 0 radical (unpaired) electrons. The molecule has 1 N–H and O–H groups in total. The first-order valence-corrected chi connectivity index (χ1v) is 6.63. The number of amides is 1. The molecule has 1 aromatic carbocycles. The zero-order valence-electron chi connectivity index (χ0n) is 10.7. The number of hydrogen-bond donors (Lipinski definition) is 1. The number of carbonyl (C=O) groups excluding carboxylic acids is 1. The van der Waals surface area contributed by atoms with E-state index in [-0.39, 0.29) is 23.8 Å². The van der Waals surface area contributed by atoms with Gasteiger partial charge in [0, 0.05) is 10.9 Å². The first-order chi connectivity index (χ1) is 9.60. The predicted molar refractivity (Wildman–Crippen MR) is 76.3 cm³/mol. The van der Waals surface area contributed by atoms with Crippen molar-refractivity contribution in [1.82, 2.24) is 0 Å². The Labute approximate surface area is 119 Å². The summed E-state index contributed by atoms with van der Waals surface area (Å²) in [6.07, 6.45) is 0.262. The van der Waals surface area contributed by atoms with E-state index in [1.807, 2.05) is 17.5 Å². The third-order valence-corrected chi connectivity index (χ3v) is 3.46. The maximum atomic E-state index is 11.9. The van der Waals surface area contributed by atoms with Crippen molar-refractivity contribution in [2.75, 3.05) is 12.4 Å². The fourth-order valence-corrected chi connectivity index (χ4v) is 2.37. The zero-order chi connectivity index (χ0) is 14.5. The largest absolute Gasteiger partial charge is 0.494 e. The number of methoxy groups -OCH3 is 1. The van der Waals surface area contributed by atoms with Crippen LogP contribution in [0.2, 0.25) is 0 Å². The molecule has 0 saturated carbocycles. The summed E-state index contributed by atoms with van der Waals surface area (Å²) in [5.41, 5.74) is 0.331. The molecule has 104 valence electrons. The van der Waals surface area contributed by atoms with E-state index in [9.17, 15) is 14.9 Å². The van der Waals surface area contributed by atoms with Crippen molar-refractivity contribution in [3.05, 3.63) is 50.7 Å². The number of nitrogens with one attached hydrogen (secondary N) is 1. The summed E-state index contributed by atoms with van der Waals surface area (Å²) in [7, 11) is 1.40. The number of thiophene rings is 1. The highest BCUT2D eigenvalue weighted by Crippen LogP contribution is 2.29. The van der Waals surface area contributed by atoms with Gasteiger partial charge in [-0.05, 0) is 17.5 Å². The second kappa shape index (κ2) is 6.16. The van der Waals surface area contributed by atoms with Gasteiger partial charge in [-0.3, -0.25) is 14.9 Å². The number of nitro benzene ring substituents is 1. The maximum Gasteiger partial charge on any atom is 0.273 e. The average molecular weight is 292 g/mol. The number of benzene rings is 1. The highest BCUT2D eigenvalue weighted by Gasteiger charge is 2.13. The number of ether oxygens (including phenoxy) is 1. The smallest absolute Gasteiger partial charge is 0.273 e. The SMILES string of the molecule is COc1cc([N+](=O)[O-])ccc1NC(=O)Cc1cccs1. The maximum absolute atomic E-state index is 11.9. The van der Waals surface area contributed by atoms with E-state index < -0.39 is 4.92 Å². The van der Waals surface area contributed by atoms with E-state index in [0.717, 1.165) is 4.88 Å². The van der Waals surface area contributed by atoms with Gasteiger partial charge < -0.3 is 10.1 Å². The number of nitro groups is 1. The molecule has 2 aromatic rings. The van der Waals surface area contributed by atoms with Crippen molar-refractivity contribution in [1.29, 1.82) is 0 Å². The number of rotatable bonds is 5. The van der Waals surface area contributed by atoms with Gasteiger partial charge in [0.1, 0.15) is 5.75 Å². The molecule has 0 spiro atoms. The normalized spacial score (nSPS) is 10.1. The van der Waals surface area contributed by atoms with Gasteiger partial charge in [0.15, 0.2) is 0 Å². The number of carbonyl (C=O) groups is 1. The summed E-state index contributed by atoms with van der Waals surface area (Å²) in [5.74, 6) is 0.0679. The molecule has 2 rings (SSSR count). The predicted octanol–water partition coefficient (Wildman–Crippen LogP) is 2.85. The van der Waals surface area contributed by atoms with Crippen LogP contribution in [0.15, 0.2) is 35.7 Å². The Kier molecular flexibility index (Phi) is 4.31. The van der Waals surface area contributed by atoms with Crippen LogP contribution in [0.25, 0.3) is 0 Å². The minimum atomic E-state index is -0.514. The molecule has 1 heterocycles. The van der Waals surface area contributed by atoms with Crippen LogP contribution in [-0.4, -0.2) is 17.9 Å². The topological polar surface area (TPSA) is 81.5 Å². The Balaban J connectivity index is 2.12. The van der Waals surface area contributed by atoms with E-state index in [4.69, 9.17) is 4.74 Å². The lowest BCUT2D eigenvalue weighted by Gasteiger charge is -2.09. The number of hydrogen-bond acceptors (Lipinski definition) is 5. The monoisotopic (exact) mass is 292 g/mol. The van der Waals surface area contributed by atoms with Crippen molar-refractivity contribution in [2.24, 2.45) is 0 Å². The average Bonchev–Trinajstić information content (AvgIpc) is 2.91. The first-order valence-electron chi connectivity index (χ1n) is 5.75. The summed E-state index contributed by atoms with van der Waals surface area (Å²) in [5, 5.41) is 15.3. The summed E-state index contributed by atoms with van der Waals surface area (Å²) in [6, 6.07) is 7.81. The van der Waals surface area contributed by atoms with E-state index >= 15 is 0 Å². The highest BCUT2D eigenvalue weighted by atomic mass is 32.1. The van der Waals surface area contributed by atoms with Crippen molar-refractivity contribution < 1.29 is 14.5 Å². The molecule has 0 saturated heterocycles. The third-order valence-electron chi connectivity index (χ3n) is 2.58. The van der Waals surface area contributed by atoms with Crippen LogP contribution in [0, 0.1) is 10.1 Å². The van der Waals surface area contributed by atoms with Crippen LogP contribution in [0.4, 0.5) is 11.4 Å². The molecule has 20 heavy (non-hydrogen) atoms. The molecule has 6 nitrogen and oxygen atoms in total. The van der Waals surface area contributed by atoms with Crippen molar-refractivity contribution >= 4 is 28.6 Å². The molecule has 0 unspecified atom stereocenters. The standard InChI is InChI=1S/C13H12N2O4S/c1-19-12-7-9(15(17)18)4-5-11(12)14-13(16)8-10-3-2-6-20-10/h2-7H,8H2,1H3,(H,14,16). The Morgan fingerprint density at radius 1 is 1.45 bits per heavy atom. The van der Waals surface area contributed by atoms with Gasteiger partial charge in [-0.15, -0.1) is 11.3 Å². The molecule has 1 amide bonds. The Bertz CT molecular complexity index is 625. The molecular weight excluding hydrogens is 280 g/mol. The van der Waals surface area contributed by atoms with E-state index in [2.05, 4.69) is 5.32 Å². The summed E-state index contributed by atoms with van der Waals surface area (Å²) >= 11 is 1.50. The quantitative estimate of drug-likeness (QED) is 0.678. The van der Waals surface area contributed by atoms with Crippen LogP contribution >= 0.6 is 11.3 Å². The van der Waals surface area contributed by atoms with Gasteiger partial charge in [-0.2, -0.15) is 0 Å². The van der Waals surface area contributed by atoms with Gasteiger partial charge in [0.2, 0.25) is 5.91 Å². The molecule has 0 aliphatic rings. The summed E-state index contributed by atoms with van der Waals surface area (Å²) < 4.78 is 5.06. The van der Waals surface area contributed by atoms with Crippen molar-refractivity contribution in [3.63, 3.8) is 0 Å². The second-order valence-electron chi connectivity index (χ2n) is 3.95. The fourth-order valence-electron chi connectivity index (χ4n) is 1.66. The molecule has 0 fully saturated rings. The Morgan fingerprint density at radius 2 is 2.25 bits per heavy atom. The molecule has 0 atom stereocenters. The van der Waals surface area contributed by atoms with Gasteiger partial charge in [0.05, 0.1) is 30.2 Å². The number of nitrogens with zero attached hydrogens (tertiary/aromatic N) is 1. The van der Waals surface area contributed by atoms with Crippen LogP contribution in [0.1, 0.15) is 4.88 Å². The number of non-ortho nitro benzene ring substituents is 1. The van der Waals surface area contributed by atoms with E-state index in [0.29, 0.717) is 5.69 Å². The fraction of sp³-hybridized carbons (Fsp3) is 0.154. The van der Waals surface area contributed by atoms with Gasteiger partial charge >= 0.3 is 0 Å². The lowest BCUT2D eigenvalue weighted by Crippen LogP contribution is -2.14. The highest BCUT2D eigenvalue weighted by molar-refractivity contribution is 7.10. The van der Waals surface area contributed by atoms with Crippen LogP contribution < -0.4 is 10.1 Å². The van der Waals surface area contributed by atoms with Crippen LogP contribution in [0.5, 0.6) is 5.75 Å². The van der Waals surface area contributed by atoms with Gasteiger partial charge in [-0.1, -0.05) is 6.07 Å². The zero-order valence-corrected chi connectivity index (χ0v) is 11.5. The lowest BCUT2D eigenvalue weighted by atomic mass is 10.2. The summed E-state index contributed by atoms with van der Waals surface area (Å²) in [6.45, 7) is 0.